The molecule has 0 bridgehead atoms. The summed E-state index contributed by atoms with van der Waals surface area (Å²) in [5, 5.41) is 20.4. The summed E-state index contributed by atoms with van der Waals surface area (Å²) in [5.41, 5.74) is 6.80. The third-order valence-corrected chi connectivity index (χ3v) is 7.03. The molecule has 2 fully saturated rings. The van der Waals surface area contributed by atoms with Crippen molar-refractivity contribution in [3.05, 3.63) is 69.8 Å². The van der Waals surface area contributed by atoms with Crippen molar-refractivity contribution in [2.75, 3.05) is 13.2 Å². The molecule has 2 heterocycles. The number of aliphatic hydroxyl groups is 2. The lowest BCUT2D eigenvalue weighted by molar-refractivity contribution is -0.373. The van der Waals surface area contributed by atoms with Gasteiger partial charge >= 0.3 is 0 Å². The van der Waals surface area contributed by atoms with Crippen LogP contribution in [-0.4, -0.2) is 47.8 Å². The van der Waals surface area contributed by atoms with Crippen molar-refractivity contribution in [2.24, 2.45) is 0 Å². The second-order valence-corrected chi connectivity index (χ2v) is 9.10. The maximum absolute atomic E-state index is 10.7. The molecule has 0 amide bonds. The summed E-state index contributed by atoms with van der Waals surface area (Å²) < 4.78 is 25.1. The van der Waals surface area contributed by atoms with Gasteiger partial charge in [-0.05, 0) is 47.9 Å². The van der Waals surface area contributed by atoms with Crippen LogP contribution in [0.5, 0.6) is 0 Å². The summed E-state index contributed by atoms with van der Waals surface area (Å²) >= 11 is 0. The molecule has 2 aromatic carbocycles. The fourth-order valence-corrected chi connectivity index (χ4v) is 4.92. The highest BCUT2D eigenvalue weighted by Crippen LogP contribution is 2.40. The number of fused-ring (bicyclic) bond motifs is 1. The third kappa shape index (κ3) is 5.08. The minimum Gasteiger partial charge on any atom is -0.394 e. The van der Waals surface area contributed by atoms with Crippen molar-refractivity contribution >= 4 is 0 Å². The number of aliphatic hydroxyl groups excluding tert-OH is 2. The topological polar surface area (TPSA) is 77.4 Å². The van der Waals surface area contributed by atoms with Crippen LogP contribution in [0.1, 0.15) is 73.7 Å². The van der Waals surface area contributed by atoms with Gasteiger partial charge in [-0.15, -0.1) is 0 Å². The Morgan fingerprint density at radius 1 is 0.794 bits per heavy atom. The van der Waals surface area contributed by atoms with Crippen LogP contribution < -0.4 is 0 Å². The molecule has 2 aromatic rings. The Bertz CT molecular complexity index is 958. The van der Waals surface area contributed by atoms with Crippen molar-refractivity contribution < 1.29 is 29.2 Å². The smallest absolute Gasteiger partial charge is 0.185 e. The van der Waals surface area contributed by atoms with E-state index in [9.17, 15) is 10.2 Å². The number of ether oxygens (including phenoxy) is 4. The Morgan fingerprint density at radius 2 is 1.38 bits per heavy atom. The van der Waals surface area contributed by atoms with Crippen LogP contribution in [0.15, 0.2) is 36.4 Å². The summed E-state index contributed by atoms with van der Waals surface area (Å²) in [6, 6.07) is 12.7. The minimum absolute atomic E-state index is 0.316. The van der Waals surface area contributed by atoms with Crippen LogP contribution in [-0.2, 0) is 44.6 Å². The van der Waals surface area contributed by atoms with E-state index in [1.54, 1.807) is 0 Å². The Hall–Kier alpha value is -1.80. The standard InChI is InChI=1S/C28H38O6/c1-5-17-9-11-21(19(7-3)13-17)27-31-16-24-26(34-27)25(23(30)15-29)33-28(32-24)22-12-10-18(6-2)14-20(22)8-4/h9-14,23-30H,5-8,15-16H2,1-4H3/t23-,24+,25-,26-,27?,28?/m1/s1. The summed E-state index contributed by atoms with van der Waals surface area (Å²) in [5.74, 6) is 0. The zero-order valence-electron chi connectivity index (χ0n) is 20.7. The van der Waals surface area contributed by atoms with Crippen LogP contribution in [0.4, 0.5) is 0 Å². The first-order chi connectivity index (χ1) is 16.5. The Kier molecular flexibility index (Phi) is 8.40. The normalized spacial score (nSPS) is 27.9. The highest BCUT2D eigenvalue weighted by atomic mass is 16.8. The summed E-state index contributed by atoms with van der Waals surface area (Å²) in [6.07, 6.45) is -0.412. The number of rotatable bonds is 8. The average molecular weight is 471 g/mol. The van der Waals surface area contributed by atoms with E-state index in [-0.39, 0.29) is 0 Å². The van der Waals surface area contributed by atoms with E-state index in [1.807, 2.05) is 6.07 Å². The van der Waals surface area contributed by atoms with Crippen LogP contribution in [0.2, 0.25) is 0 Å². The molecular formula is C28H38O6. The minimum atomic E-state index is -1.09. The number of aryl methyl sites for hydroxylation is 4. The second-order valence-electron chi connectivity index (χ2n) is 9.10. The highest BCUT2D eigenvalue weighted by Gasteiger charge is 2.48. The molecule has 6 heteroatoms. The highest BCUT2D eigenvalue weighted by molar-refractivity contribution is 5.34. The number of hydrogen-bond donors (Lipinski definition) is 2. The SMILES string of the molecule is CCc1ccc(C2OC[C@@H]3OC(c4ccc(CC)cc4CC)O[C@H]([C@H](O)CO)[C@@H]3O2)c(CC)c1. The molecule has 2 aliphatic rings. The largest absolute Gasteiger partial charge is 0.394 e. The molecule has 186 valence electrons. The fraction of sp³-hybridized carbons (Fsp3) is 0.571. The first-order valence-electron chi connectivity index (χ1n) is 12.6. The molecule has 34 heavy (non-hydrogen) atoms. The van der Waals surface area contributed by atoms with Gasteiger partial charge < -0.3 is 29.2 Å². The summed E-state index contributed by atoms with van der Waals surface area (Å²) in [4.78, 5) is 0. The van der Waals surface area contributed by atoms with E-state index in [0.717, 1.165) is 42.4 Å². The van der Waals surface area contributed by atoms with Crippen molar-refractivity contribution in [1.29, 1.82) is 0 Å². The quantitative estimate of drug-likeness (QED) is 0.603. The molecule has 0 spiro atoms. The van der Waals surface area contributed by atoms with Crippen molar-refractivity contribution in [3.63, 3.8) is 0 Å². The van der Waals surface area contributed by atoms with Crippen LogP contribution in [0.25, 0.3) is 0 Å². The van der Waals surface area contributed by atoms with E-state index < -0.39 is 43.6 Å². The molecule has 0 aromatic heterocycles. The Balaban J connectivity index is 1.60. The molecular weight excluding hydrogens is 432 g/mol. The van der Waals surface area contributed by atoms with Crippen LogP contribution >= 0.6 is 0 Å². The van der Waals surface area contributed by atoms with Gasteiger partial charge in [-0.2, -0.15) is 0 Å². The van der Waals surface area contributed by atoms with Gasteiger partial charge in [-0.3, -0.25) is 0 Å². The predicted octanol–water partition coefficient (Wildman–Crippen LogP) is 4.19. The van der Waals surface area contributed by atoms with Gasteiger partial charge in [-0.25, -0.2) is 0 Å². The van der Waals surface area contributed by atoms with Crippen LogP contribution in [0.3, 0.4) is 0 Å². The van der Waals surface area contributed by atoms with E-state index in [1.165, 1.54) is 16.7 Å². The molecule has 2 N–H and O–H groups in total. The van der Waals surface area contributed by atoms with Gasteiger partial charge in [0, 0.05) is 11.1 Å². The molecule has 2 aliphatic heterocycles. The van der Waals surface area contributed by atoms with Crippen LogP contribution in [0, 0.1) is 0 Å². The monoisotopic (exact) mass is 470 g/mol. The summed E-state index contributed by atoms with van der Waals surface area (Å²) in [7, 11) is 0. The lowest BCUT2D eigenvalue weighted by Crippen LogP contribution is -2.58. The number of benzene rings is 2. The first-order valence-corrected chi connectivity index (χ1v) is 12.6. The molecule has 6 nitrogen and oxygen atoms in total. The molecule has 0 aliphatic carbocycles. The van der Waals surface area contributed by atoms with Crippen molar-refractivity contribution in [3.8, 4) is 0 Å². The van der Waals surface area contributed by atoms with E-state index >= 15 is 0 Å². The van der Waals surface area contributed by atoms with Gasteiger partial charge in [0.1, 0.15) is 24.4 Å². The maximum atomic E-state index is 10.7. The molecule has 2 saturated heterocycles. The number of hydrogen-bond acceptors (Lipinski definition) is 6. The molecule has 6 atom stereocenters. The van der Waals surface area contributed by atoms with E-state index in [0.29, 0.717) is 6.61 Å². The van der Waals surface area contributed by atoms with Gasteiger partial charge in [0.15, 0.2) is 12.6 Å². The Morgan fingerprint density at radius 3 is 1.91 bits per heavy atom. The second kappa shape index (κ2) is 11.3. The maximum Gasteiger partial charge on any atom is 0.185 e. The van der Waals surface area contributed by atoms with Crippen molar-refractivity contribution in [1.82, 2.24) is 0 Å². The molecule has 0 radical (unpaired) electrons. The fourth-order valence-electron chi connectivity index (χ4n) is 4.92. The molecule has 0 saturated carbocycles. The lowest BCUT2D eigenvalue weighted by Gasteiger charge is -2.47. The zero-order chi connectivity index (χ0) is 24.2. The Labute approximate surface area is 202 Å². The molecule has 2 unspecified atom stereocenters. The van der Waals surface area contributed by atoms with Gasteiger partial charge in [0.05, 0.1) is 13.2 Å². The summed E-state index contributed by atoms with van der Waals surface area (Å²) in [6.45, 7) is 8.40. The van der Waals surface area contributed by atoms with Crippen molar-refractivity contribution in [2.45, 2.75) is 90.4 Å². The van der Waals surface area contributed by atoms with E-state index in [2.05, 4.69) is 58.0 Å². The van der Waals surface area contributed by atoms with Gasteiger partial charge in [0.25, 0.3) is 0 Å². The van der Waals surface area contributed by atoms with E-state index in [4.69, 9.17) is 18.9 Å². The molecule has 4 rings (SSSR count). The average Bonchev–Trinajstić information content (AvgIpc) is 2.90. The third-order valence-electron chi connectivity index (χ3n) is 7.03. The predicted molar refractivity (Wildman–Crippen MR) is 130 cm³/mol. The zero-order valence-corrected chi connectivity index (χ0v) is 20.7. The first kappa shape index (κ1) is 25.3. The lowest BCUT2D eigenvalue weighted by atomic mass is 9.96. The van der Waals surface area contributed by atoms with Gasteiger partial charge in [0.2, 0.25) is 0 Å². The van der Waals surface area contributed by atoms with Gasteiger partial charge in [-0.1, -0.05) is 64.1 Å².